The SMILES string of the molecule is CCCOc1ccc(/C=N/NC(=O)CN2CCN(Cc3ccccc3)CC2)cc1. The van der Waals surface area contributed by atoms with Gasteiger partial charge < -0.3 is 4.74 Å². The van der Waals surface area contributed by atoms with E-state index in [1.54, 1.807) is 6.21 Å². The Labute approximate surface area is 173 Å². The predicted octanol–water partition coefficient (Wildman–Crippen LogP) is 2.74. The van der Waals surface area contributed by atoms with Crippen molar-refractivity contribution in [2.45, 2.75) is 19.9 Å². The molecule has 0 saturated carbocycles. The molecule has 2 aromatic carbocycles. The fourth-order valence-corrected chi connectivity index (χ4v) is 3.23. The van der Waals surface area contributed by atoms with E-state index in [2.05, 4.69) is 51.5 Å². The molecule has 0 unspecified atom stereocenters. The van der Waals surface area contributed by atoms with Gasteiger partial charge in [-0.3, -0.25) is 14.6 Å². The van der Waals surface area contributed by atoms with Crippen LogP contribution in [0.25, 0.3) is 0 Å². The molecule has 1 fully saturated rings. The minimum Gasteiger partial charge on any atom is -0.494 e. The fourth-order valence-electron chi connectivity index (χ4n) is 3.23. The van der Waals surface area contributed by atoms with Gasteiger partial charge in [0.25, 0.3) is 5.91 Å². The number of hydrogen-bond acceptors (Lipinski definition) is 5. The topological polar surface area (TPSA) is 57.2 Å². The summed E-state index contributed by atoms with van der Waals surface area (Å²) in [6.07, 6.45) is 2.64. The van der Waals surface area contributed by atoms with Gasteiger partial charge in [-0.05, 0) is 41.8 Å². The first-order chi connectivity index (χ1) is 14.2. The lowest BCUT2D eigenvalue weighted by Gasteiger charge is -2.34. The van der Waals surface area contributed by atoms with Crippen LogP contribution < -0.4 is 10.2 Å². The zero-order valence-electron chi connectivity index (χ0n) is 17.1. The van der Waals surface area contributed by atoms with E-state index >= 15 is 0 Å². The molecule has 2 aromatic rings. The van der Waals surface area contributed by atoms with Crippen molar-refractivity contribution in [3.63, 3.8) is 0 Å². The molecule has 1 amide bonds. The summed E-state index contributed by atoms with van der Waals surface area (Å²) < 4.78 is 5.55. The van der Waals surface area contributed by atoms with Crippen molar-refractivity contribution in [3.05, 3.63) is 65.7 Å². The van der Waals surface area contributed by atoms with Crippen LogP contribution in [0.1, 0.15) is 24.5 Å². The summed E-state index contributed by atoms with van der Waals surface area (Å²) in [5.74, 6) is 0.764. The second-order valence-electron chi connectivity index (χ2n) is 7.25. The molecule has 1 aliphatic heterocycles. The molecule has 29 heavy (non-hydrogen) atoms. The van der Waals surface area contributed by atoms with E-state index in [-0.39, 0.29) is 5.91 Å². The lowest BCUT2D eigenvalue weighted by molar-refractivity contribution is -0.122. The number of benzene rings is 2. The third-order valence-corrected chi connectivity index (χ3v) is 4.84. The number of hydrogen-bond donors (Lipinski definition) is 1. The molecule has 1 N–H and O–H groups in total. The number of ether oxygens (including phenoxy) is 1. The standard InChI is InChI=1S/C23H30N4O2/c1-2-16-29-22-10-8-20(9-11-22)17-24-25-23(28)19-27-14-12-26(13-15-27)18-21-6-4-3-5-7-21/h3-11,17H,2,12-16,18-19H2,1H3,(H,25,28)/b24-17+. The smallest absolute Gasteiger partial charge is 0.254 e. The Morgan fingerprint density at radius 1 is 1.03 bits per heavy atom. The van der Waals surface area contributed by atoms with E-state index in [1.165, 1.54) is 5.56 Å². The van der Waals surface area contributed by atoms with Crippen LogP contribution in [0.3, 0.4) is 0 Å². The molecular formula is C23H30N4O2. The number of nitrogens with zero attached hydrogens (tertiary/aromatic N) is 3. The van der Waals surface area contributed by atoms with Crippen molar-refractivity contribution < 1.29 is 9.53 Å². The van der Waals surface area contributed by atoms with Gasteiger partial charge in [0, 0.05) is 32.7 Å². The predicted molar refractivity (Wildman–Crippen MR) is 116 cm³/mol. The molecule has 0 atom stereocenters. The van der Waals surface area contributed by atoms with Crippen LogP contribution in [0.5, 0.6) is 5.75 Å². The molecule has 0 radical (unpaired) electrons. The van der Waals surface area contributed by atoms with E-state index in [4.69, 9.17) is 4.74 Å². The minimum absolute atomic E-state index is 0.0827. The van der Waals surface area contributed by atoms with E-state index in [1.807, 2.05) is 30.3 Å². The van der Waals surface area contributed by atoms with Crippen molar-refractivity contribution >= 4 is 12.1 Å². The van der Waals surface area contributed by atoms with E-state index in [0.717, 1.165) is 50.5 Å². The largest absolute Gasteiger partial charge is 0.494 e. The maximum atomic E-state index is 12.1. The Hall–Kier alpha value is -2.70. The third kappa shape index (κ3) is 7.33. The Balaban J connectivity index is 1.35. The molecule has 1 saturated heterocycles. The van der Waals surface area contributed by atoms with Crippen molar-refractivity contribution in [2.24, 2.45) is 5.10 Å². The first-order valence-corrected chi connectivity index (χ1v) is 10.3. The molecule has 0 aromatic heterocycles. The maximum Gasteiger partial charge on any atom is 0.254 e. The van der Waals surface area contributed by atoms with Crippen molar-refractivity contribution in [3.8, 4) is 5.75 Å². The average Bonchev–Trinajstić information content (AvgIpc) is 2.75. The van der Waals surface area contributed by atoms with Gasteiger partial charge in [-0.25, -0.2) is 5.43 Å². The molecular weight excluding hydrogens is 364 g/mol. The molecule has 1 aliphatic rings. The van der Waals surface area contributed by atoms with Crippen LogP contribution in [-0.4, -0.2) is 61.3 Å². The van der Waals surface area contributed by atoms with E-state index in [0.29, 0.717) is 13.2 Å². The Morgan fingerprint density at radius 3 is 2.41 bits per heavy atom. The Bertz CT molecular complexity index is 769. The summed E-state index contributed by atoms with van der Waals surface area (Å²) in [4.78, 5) is 16.7. The highest BCUT2D eigenvalue weighted by atomic mass is 16.5. The molecule has 0 bridgehead atoms. The zero-order valence-corrected chi connectivity index (χ0v) is 17.1. The van der Waals surface area contributed by atoms with Gasteiger partial charge >= 0.3 is 0 Å². The first kappa shape index (κ1) is 21.0. The van der Waals surface area contributed by atoms with Gasteiger partial charge in [0.15, 0.2) is 0 Å². The molecule has 6 heteroatoms. The number of nitrogens with one attached hydrogen (secondary N) is 1. The van der Waals surface area contributed by atoms with Crippen LogP contribution in [0.15, 0.2) is 59.7 Å². The van der Waals surface area contributed by atoms with Gasteiger partial charge in [-0.1, -0.05) is 37.3 Å². The van der Waals surface area contributed by atoms with Gasteiger partial charge in [0.1, 0.15) is 5.75 Å². The minimum atomic E-state index is -0.0827. The van der Waals surface area contributed by atoms with Crippen molar-refractivity contribution in [2.75, 3.05) is 39.3 Å². The van der Waals surface area contributed by atoms with Gasteiger partial charge in [-0.2, -0.15) is 5.10 Å². The lowest BCUT2D eigenvalue weighted by atomic mass is 10.2. The van der Waals surface area contributed by atoms with Crippen LogP contribution in [-0.2, 0) is 11.3 Å². The van der Waals surface area contributed by atoms with E-state index in [9.17, 15) is 4.79 Å². The van der Waals surface area contributed by atoms with Gasteiger partial charge in [0.05, 0.1) is 19.4 Å². The number of piperazine rings is 1. The van der Waals surface area contributed by atoms with Crippen LogP contribution in [0, 0.1) is 0 Å². The molecule has 0 aliphatic carbocycles. The van der Waals surface area contributed by atoms with E-state index < -0.39 is 0 Å². The van der Waals surface area contributed by atoms with Gasteiger partial charge in [-0.15, -0.1) is 0 Å². The van der Waals surface area contributed by atoms with Gasteiger partial charge in [0.2, 0.25) is 0 Å². The molecule has 0 spiro atoms. The maximum absolute atomic E-state index is 12.1. The van der Waals surface area contributed by atoms with Crippen LogP contribution in [0.4, 0.5) is 0 Å². The summed E-state index contributed by atoms with van der Waals surface area (Å²) in [6.45, 7) is 7.86. The first-order valence-electron chi connectivity index (χ1n) is 10.3. The number of rotatable bonds is 9. The Kier molecular flexibility index (Phi) is 8.22. The number of hydrazone groups is 1. The quantitative estimate of drug-likeness (QED) is 0.525. The number of carbonyl (C=O) groups is 1. The highest BCUT2D eigenvalue weighted by Gasteiger charge is 2.18. The second kappa shape index (κ2) is 11.3. The summed E-state index contributed by atoms with van der Waals surface area (Å²) in [7, 11) is 0. The average molecular weight is 395 g/mol. The summed E-state index contributed by atoms with van der Waals surface area (Å²) in [6, 6.07) is 18.2. The summed E-state index contributed by atoms with van der Waals surface area (Å²) in [5.41, 5.74) is 4.87. The summed E-state index contributed by atoms with van der Waals surface area (Å²) in [5, 5.41) is 4.07. The highest BCUT2D eigenvalue weighted by Crippen LogP contribution is 2.11. The normalized spacial score (nSPS) is 15.5. The lowest BCUT2D eigenvalue weighted by Crippen LogP contribution is -2.48. The highest BCUT2D eigenvalue weighted by molar-refractivity contribution is 5.83. The fraction of sp³-hybridized carbons (Fsp3) is 0.391. The van der Waals surface area contributed by atoms with Crippen molar-refractivity contribution in [1.82, 2.24) is 15.2 Å². The van der Waals surface area contributed by atoms with Crippen LogP contribution >= 0.6 is 0 Å². The second-order valence-corrected chi connectivity index (χ2v) is 7.25. The molecule has 3 rings (SSSR count). The number of amides is 1. The molecule has 154 valence electrons. The molecule has 1 heterocycles. The zero-order chi connectivity index (χ0) is 20.3. The monoisotopic (exact) mass is 394 g/mol. The van der Waals surface area contributed by atoms with Crippen LogP contribution in [0.2, 0.25) is 0 Å². The third-order valence-electron chi connectivity index (χ3n) is 4.84. The summed E-state index contributed by atoms with van der Waals surface area (Å²) >= 11 is 0. The number of carbonyl (C=O) groups excluding carboxylic acids is 1. The Morgan fingerprint density at radius 2 is 1.72 bits per heavy atom. The molecule has 6 nitrogen and oxygen atoms in total. The van der Waals surface area contributed by atoms with Crippen molar-refractivity contribution in [1.29, 1.82) is 0 Å².